The molecule has 1 atom stereocenters. The third-order valence-electron chi connectivity index (χ3n) is 3.30. The lowest BCUT2D eigenvalue weighted by molar-refractivity contribution is 0.345. The lowest BCUT2D eigenvalue weighted by Crippen LogP contribution is -2.22. The van der Waals surface area contributed by atoms with Crippen molar-refractivity contribution in [1.29, 1.82) is 0 Å². The number of rotatable bonds is 4. The van der Waals surface area contributed by atoms with Crippen molar-refractivity contribution in [2.45, 2.75) is 20.3 Å². The van der Waals surface area contributed by atoms with Gasteiger partial charge in [0.15, 0.2) is 0 Å². The van der Waals surface area contributed by atoms with E-state index in [-0.39, 0.29) is 0 Å². The summed E-state index contributed by atoms with van der Waals surface area (Å²) in [7, 11) is 0. The summed E-state index contributed by atoms with van der Waals surface area (Å²) in [4.78, 5) is 6.86. The van der Waals surface area contributed by atoms with Crippen molar-refractivity contribution >= 4 is 5.82 Å². The standard InChI is InChI=1S/C13H21N3/c1-3-16-7-6-12(10-16)9-15-13-5-4-11(2)8-14-13/h4-5,8,12H,3,6-7,9-10H2,1-2H3,(H,14,15). The molecule has 1 aromatic heterocycles. The molecule has 0 spiro atoms. The number of hydrogen-bond donors (Lipinski definition) is 1. The Bertz CT molecular complexity index is 320. The molecule has 16 heavy (non-hydrogen) atoms. The van der Waals surface area contributed by atoms with Crippen LogP contribution in [0.25, 0.3) is 0 Å². The molecule has 1 unspecified atom stereocenters. The SMILES string of the molecule is CCN1CCC(CNc2ccc(C)cn2)C1. The normalized spacial score (nSPS) is 21.2. The van der Waals surface area contributed by atoms with Crippen molar-refractivity contribution in [2.24, 2.45) is 5.92 Å². The summed E-state index contributed by atoms with van der Waals surface area (Å²) >= 11 is 0. The van der Waals surface area contributed by atoms with Crippen LogP contribution in [0.4, 0.5) is 5.82 Å². The monoisotopic (exact) mass is 219 g/mol. The quantitative estimate of drug-likeness (QED) is 0.841. The topological polar surface area (TPSA) is 28.2 Å². The third-order valence-corrected chi connectivity index (χ3v) is 3.30. The van der Waals surface area contributed by atoms with Crippen molar-refractivity contribution in [3.05, 3.63) is 23.9 Å². The van der Waals surface area contributed by atoms with E-state index < -0.39 is 0 Å². The fourth-order valence-corrected chi connectivity index (χ4v) is 2.19. The highest BCUT2D eigenvalue weighted by Crippen LogP contribution is 2.16. The highest BCUT2D eigenvalue weighted by Gasteiger charge is 2.20. The van der Waals surface area contributed by atoms with Gasteiger partial charge in [-0.05, 0) is 44.0 Å². The molecule has 2 heterocycles. The summed E-state index contributed by atoms with van der Waals surface area (Å²) in [5.41, 5.74) is 1.21. The highest BCUT2D eigenvalue weighted by atomic mass is 15.1. The summed E-state index contributed by atoms with van der Waals surface area (Å²) in [5, 5.41) is 3.42. The van der Waals surface area contributed by atoms with Gasteiger partial charge >= 0.3 is 0 Å². The molecule has 1 aliphatic heterocycles. The first-order valence-corrected chi connectivity index (χ1v) is 6.17. The lowest BCUT2D eigenvalue weighted by Gasteiger charge is -2.14. The fraction of sp³-hybridized carbons (Fsp3) is 0.615. The molecule has 0 bridgehead atoms. The Morgan fingerprint density at radius 2 is 2.38 bits per heavy atom. The van der Waals surface area contributed by atoms with Crippen molar-refractivity contribution in [1.82, 2.24) is 9.88 Å². The molecule has 3 nitrogen and oxygen atoms in total. The van der Waals surface area contributed by atoms with E-state index in [4.69, 9.17) is 0 Å². The Balaban J connectivity index is 1.77. The van der Waals surface area contributed by atoms with Gasteiger partial charge in [0.25, 0.3) is 0 Å². The van der Waals surface area contributed by atoms with Crippen molar-refractivity contribution in [3.63, 3.8) is 0 Å². The molecule has 0 aromatic carbocycles. The van der Waals surface area contributed by atoms with Gasteiger partial charge in [0.2, 0.25) is 0 Å². The zero-order chi connectivity index (χ0) is 11.4. The van der Waals surface area contributed by atoms with Gasteiger partial charge in [0.1, 0.15) is 5.82 Å². The molecule has 1 N–H and O–H groups in total. The van der Waals surface area contributed by atoms with Crippen LogP contribution in [0.1, 0.15) is 18.9 Å². The molecule has 1 saturated heterocycles. The van der Waals surface area contributed by atoms with E-state index in [1.165, 1.54) is 31.6 Å². The Morgan fingerprint density at radius 1 is 1.50 bits per heavy atom. The predicted molar refractivity (Wildman–Crippen MR) is 67.7 cm³/mol. The van der Waals surface area contributed by atoms with Gasteiger partial charge in [-0.2, -0.15) is 0 Å². The van der Waals surface area contributed by atoms with Crippen molar-refractivity contribution in [2.75, 3.05) is 31.5 Å². The van der Waals surface area contributed by atoms with E-state index in [2.05, 4.69) is 41.2 Å². The number of nitrogens with one attached hydrogen (secondary N) is 1. The Kier molecular flexibility index (Phi) is 3.78. The molecule has 0 saturated carbocycles. The Labute approximate surface area is 97.9 Å². The molecular weight excluding hydrogens is 198 g/mol. The molecule has 1 fully saturated rings. The zero-order valence-corrected chi connectivity index (χ0v) is 10.2. The second kappa shape index (κ2) is 5.30. The molecule has 3 heteroatoms. The number of nitrogens with zero attached hydrogens (tertiary/aromatic N) is 2. The van der Waals surface area contributed by atoms with Crippen LogP contribution in [0.15, 0.2) is 18.3 Å². The number of aromatic nitrogens is 1. The first-order chi connectivity index (χ1) is 7.78. The van der Waals surface area contributed by atoms with Gasteiger partial charge in [-0.1, -0.05) is 13.0 Å². The van der Waals surface area contributed by atoms with Gasteiger partial charge in [0.05, 0.1) is 0 Å². The second-order valence-corrected chi connectivity index (χ2v) is 4.65. The Hall–Kier alpha value is -1.09. The lowest BCUT2D eigenvalue weighted by atomic mass is 10.1. The maximum Gasteiger partial charge on any atom is 0.125 e. The van der Waals surface area contributed by atoms with Crippen LogP contribution in [-0.4, -0.2) is 36.1 Å². The van der Waals surface area contributed by atoms with E-state index in [9.17, 15) is 0 Å². The average Bonchev–Trinajstić information content (AvgIpc) is 2.76. The first-order valence-electron chi connectivity index (χ1n) is 6.17. The first kappa shape index (κ1) is 11.4. The summed E-state index contributed by atoms with van der Waals surface area (Å²) in [5.74, 6) is 1.78. The van der Waals surface area contributed by atoms with Gasteiger partial charge in [-0.15, -0.1) is 0 Å². The maximum absolute atomic E-state index is 4.35. The summed E-state index contributed by atoms with van der Waals surface area (Å²) in [6.07, 6.45) is 3.22. The van der Waals surface area contributed by atoms with Gasteiger partial charge in [0, 0.05) is 19.3 Å². The van der Waals surface area contributed by atoms with E-state index in [1.54, 1.807) is 0 Å². The van der Waals surface area contributed by atoms with Crippen LogP contribution < -0.4 is 5.32 Å². The van der Waals surface area contributed by atoms with Crippen LogP contribution >= 0.6 is 0 Å². The molecule has 88 valence electrons. The van der Waals surface area contributed by atoms with Crippen LogP contribution in [0.3, 0.4) is 0 Å². The summed E-state index contributed by atoms with van der Waals surface area (Å²) < 4.78 is 0. The van der Waals surface area contributed by atoms with Gasteiger partial charge in [-0.3, -0.25) is 0 Å². The minimum absolute atomic E-state index is 0.781. The number of likely N-dealkylation sites (tertiary alicyclic amines) is 1. The number of hydrogen-bond acceptors (Lipinski definition) is 3. The third kappa shape index (κ3) is 2.95. The van der Waals surface area contributed by atoms with Crippen LogP contribution in [0.2, 0.25) is 0 Å². The van der Waals surface area contributed by atoms with Crippen LogP contribution in [0.5, 0.6) is 0 Å². The molecule has 2 rings (SSSR count). The van der Waals surface area contributed by atoms with Gasteiger partial charge in [-0.25, -0.2) is 4.98 Å². The summed E-state index contributed by atoms with van der Waals surface area (Å²) in [6.45, 7) is 9.01. The average molecular weight is 219 g/mol. The van der Waals surface area contributed by atoms with Crippen molar-refractivity contribution in [3.8, 4) is 0 Å². The maximum atomic E-state index is 4.35. The Morgan fingerprint density at radius 3 is 3.00 bits per heavy atom. The molecule has 0 radical (unpaired) electrons. The zero-order valence-electron chi connectivity index (χ0n) is 10.2. The predicted octanol–water partition coefficient (Wildman–Crippen LogP) is 2.14. The molecule has 0 amide bonds. The molecule has 1 aromatic rings. The smallest absolute Gasteiger partial charge is 0.125 e. The van der Waals surface area contributed by atoms with E-state index in [0.717, 1.165) is 18.3 Å². The number of anilines is 1. The minimum atomic E-state index is 0.781. The largest absolute Gasteiger partial charge is 0.370 e. The second-order valence-electron chi connectivity index (χ2n) is 4.65. The van der Waals surface area contributed by atoms with Crippen LogP contribution in [0, 0.1) is 12.8 Å². The minimum Gasteiger partial charge on any atom is -0.370 e. The highest BCUT2D eigenvalue weighted by molar-refractivity contribution is 5.35. The van der Waals surface area contributed by atoms with Crippen LogP contribution in [-0.2, 0) is 0 Å². The number of aryl methyl sites for hydroxylation is 1. The molecular formula is C13H21N3. The van der Waals surface area contributed by atoms with Crippen molar-refractivity contribution < 1.29 is 0 Å². The molecule has 0 aliphatic carbocycles. The van der Waals surface area contributed by atoms with E-state index in [1.807, 2.05) is 6.20 Å². The fourth-order valence-electron chi connectivity index (χ4n) is 2.19. The van der Waals surface area contributed by atoms with E-state index >= 15 is 0 Å². The molecule has 1 aliphatic rings. The number of pyridine rings is 1. The van der Waals surface area contributed by atoms with Gasteiger partial charge < -0.3 is 10.2 Å². The van der Waals surface area contributed by atoms with E-state index in [0.29, 0.717) is 0 Å². The summed E-state index contributed by atoms with van der Waals surface area (Å²) in [6, 6.07) is 4.16.